The molecule has 2 aliphatic heterocycles. The molecule has 3 nitrogen and oxygen atoms in total. The lowest BCUT2D eigenvalue weighted by Gasteiger charge is -2.47. The van der Waals surface area contributed by atoms with Gasteiger partial charge in [-0.15, -0.1) is 0 Å². The van der Waals surface area contributed by atoms with Gasteiger partial charge < -0.3 is 5.73 Å². The van der Waals surface area contributed by atoms with Gasteiger partial charge in [-0.25, -0.2) is 0 Å². The quantitative estimate of drug-likeness (QED) is 0.853. The third-order valence-corrected chi connectivity index (χ3v) is 5.80. The minimum atomic E-state index is -4.09. The van der Waals surface area contributed by atoms with Crippen molar-refractivity contribution >= 4 is 11.8 Å². The maximum absolute atomic E-state index is 12.4. The molecule has 0 saturated carbocycles. The molecule has 2 heterocycles. The SMILES string of the molecule is CC1SCCC1(CN)N1CCN(CC(F)(F)F)CC1. The first-order chi connectivity index (χ1) is 8.87. The van der Waals surface area contributed by atoms with Crippen LogP contribution in [0.4, 0.5) is 13.2 Å². The molecule has 2 aliphatic rings. The van der Waals surface area contributed by atoms with Crippen LogP contribution in [-0.4, -0.2) is 71.8 Å². The van der Waals surface area contributed by atoms with Crippen LogP contribution in [0.5, 0.6) is 0 Å². The van der Waals surface area contributed by atoms with Crippen molar-refractivity contribution in [2.75, 3.05) is 45.0 Å². The zero-order valence-corrected chi connectivity index (χ0v) is 12.1. The fourth-order valence-electron chi connectivity index (χ4n) is 3.19. The lowest BCUT2D eigenvalue weighted by atomic mass is 9.89. The Bertz CT molecular complexity index is 305. The second-order valence-electron chi connectivity index (χ2n) is 5.45. The standard InChI is InChI=1S/C12H22F3N3S/c1-10-11(8-16,2-7-19-10)18-5-3-17(4-6-18)9-12(13,14)15/h10H,2-9,16H2,1H3. The highest BCUT2D eigenvalue weighted by molar-refractivity contribution is 8.00. The Morgan fingerprint density at radius 1 is 1.26 bits per heavy atom. The Morgan fingerprint density at radius 2 is 1.89 bits per heavy atom. The highest BCUT2D eigenvalue weighted by Gasteiger charge is 2.45. The number of nitrogens with zero attached hydrogens (tertiary/aromatic N) is 2. The number of hydrogen-bond donors (Lipinski definition) is 1. The summed E-state index contributed by atoms with van der Waals surface area (Å²) in [5, 5.41) is 0.465. The van der Waals surface area contributed by atoms with E-state index in [1.54, 1.807) is 0 Å². The molecule has 0 radical (unpaired) electrons. The average Bonchev–Trinajstić information content (AvgIpc) is 2.70. The molecule has 0 spiro atoms. The van der Waals surface area contributed by atoms with Crippen LogP contribution in [0.3, 0.4) is 0 Å². The van der Waals surface area contributed by atoms with E-state index in [9.17, 15) is 13.2 Å². The molecule has 0 aliphatic carbocycles. The van der Waals surface area contributed by atoms with Crippen LogP contribution in [0.15, 0.2) is 0 Å². The minimum absolute atomic E-state index is 0.00497. The predicted octanol–water partition coefficient (Wildman–Crippen LogP) is 1.39. The van der Waals surface area contributed by atoms with Crippen molar-refractivity contribution in [2.45, 2.75) is 30.3 Å². The zero-order chi connectivity index (χ0) is 14.1. The molecule has 0 aromatic rings. The number of rotatable bonds is 3. The van der Waals surface area contributed by atoms with E-state index in [-0.39, 0.29) is 5.54 Å². The number of thioether (sulfide) groups is 1. The van der Waals surface area contributed by atoms with Crippen LogP contribution < -0.4 is 5.73 Å². The van der Waals surface area contributed by atoms with Gasteiger partial charge in [0.25, 0.3) is 0 Å². The van der Waals surface area contributed by atoms with Gasteiger partial charge in [0.15, 0.2) is 0 Å². The van der Waals surface area contributed by atoms with Crippen LogP contribution in [0.2, 0.25) is 0 Å². The maximum Gasteiger partial charge on any atom is 0.401 e. The Labute approximate surface area is 116 Å². The maximum atomic E-state index is 12.4. The highest BCUT2D eigenvalue weighted by Crippen LogP contribution is 2.40. The number of piperazine rings is 1. The van der Waals surface area contributed by atoms with Gasteiger partial charge in [-0.3, -0.25) is 9.80 Å². The van der Waals surface area contributed by atoms with E-state index < -0.39 is 12.7 Å². The topological polar surface area (TPSA) is 32.5 Å². The molecule has 0 bridgehead atoms. The summed E-state index contributed by atoms with van der Waals surface area (Å²) < 4.78 is 37.1. The monoisotopic (exact) mass is 297 g/mol. The Morgan fingerprint density at radius 3 is 2.32 bits per heavy atom. The summed E-state index contributed by atoms with van der Waals surface area (Å²) in [6.07, 6.45) is -3.04. The van der Waals surface area contributed by atoms with E-state index in [2.05, 4.69) is 11.8 Å². The average molecular weight is 297 g/mol. The Hall–Kier alpha value is 0.0200. The summed E-state index contributed by atoms with van der Waals surface area (Å²) in [7, 11) is 0. The molecule has 0 aromatic carbocycles. The first-order valence-electron chi connectivity index (χ1n) is 6.73. The molecule has 112 valence electrons. The predicted molar refractivity (Wildman–Crippen MR) is 72.4 cm³/mol. The van der Waals surface area contributed by atoms with E-state index in [0.717, 1.165) is 12.2 Å². The fourth-order valence-corrected chi connectivity index (χ4v) is 4.69. The molecule has 0 amide bonds. The van der Waals surface area contributed by atoms with Crippen LogP contribution in [0.1, 0.15) is 13.3 Å². The van der Waals surface area contributed by atoms with Crippen molar-refractivity contribution in [1.29, 1.82) is 0 Å². The summed E-state index contributed by atoms with van der Waals surface area (Å²) in [6.45, 7) is 4.35. The van der Waals surface area contributed by atoms with Crippen molar-refractivity contribution in [3.63, 3.8) is 0 Å². The Balaban J connectivity index is 1.92. The second-order valence-corrected chi connectivity index (χ2v) is 6.90. The summed E-state index contributed by atoms with van der Waals surface area (Å²) >= 11 is 1.92. The van der Waals surface area contributed by atoms with Gasteiger partial charge in [0, 0.05) is 43.5 Å². The Kier molecular flexibility index (Phi) is 4.70. The third-order valence-electron chi connectivity index (χ3n) is 4.42. The van der Waals surface area contributed by atoms with Crippen LogP contribution >= 0.6 is 11.8 Å². The van der Waals surface area contributed by atoms with Crippen LogP contribution in [-0.2, 0) is 0 Å². The van der Waals surface area contributed by atoms with Gasteiger partial charge in [-0.05, 0) is 12.2 Å². The first kappa shape index (κ1) is 15.4. The number of halogens is 3. The van der Waals surface area contributed by atoms with Crippen molar-refractivity contribution < 1.29 is 13.2 Å². The van der Waals surface area contributed by atoms with E-state index in [0.29, 0.717) is 38.0 Å². The number of hydrogen-bond acceptors (Lipinski definition) is 4. The first-order valence-corrected chi connectivity index (χ1v) is 7.78. The summed E-state index contributed by atoms with van der Waals surface area (Å²) in [5.74, 6) is 1.10. The minimum Gasteiger partial charge on any atom is -0.329 e. The second kappa shape index (κ2) is 5.79. The molecule has 7 heteroatoms. The number of nitrogens with two attached hydrogens (primary N) is 1. The summed E-state index contributed by atoms with van der Waals surface area (Å²) in [4.78, 5) is 3.82. The summed E-state index contributed by atoms with van der Waals surface area (Å²) in [6, 6.07) is 0. The van der Waals surface area contributed by atoms with Gasteiger partial charge in [0.2, 0.25) is 0 Å². The van der Waals surface area contributed by atoms with Crippen LogP contribution in [0, 0.1) is 0 Å². The molecule has 2 rings (SSSR count). The van der Waals surface area contributed by atoms with Gasteiger partial charge >= 0.3 is 6.18 Å². The van der Waals surface area contributed by atoms with Gasteiger partial charge in [0.1, 0.15) is 0 Å². The summed E-state index contributed by atoms with van der Waals surface area (Å²) in [5.41, 5.74) is 5.97. The van der Waals surface area contributed by atoms with Gasteiger partial charge in [0.05, 0.1) is 6.54 Å². The van der Waals surface area contributed by atoms with Crippen LogP contribution in [0.25, 0.3) is 0 Å². The molecular weight excluding hydrogens is 275 g/mol. The van der Waals surface area contributed by atoms with Gasteiger partial charge in [-0.1, -0.05) is 6.92 Å². The van der Waals surface area contributed by atoms with E-state index >= 15 is 0 Å². The van der Waals surface area contributed by atoms with Crippen molar-refractivity contribution in [2.24, 2.45) is 5.73 Å². The molecule has 19 heavy (non-hydrogen) atoms. The lowest BCUT2D eigenvalue weighted by molar-refractivity contribution is -0.151. The van der Waals surface area contributed by atoms with Crippen molar-refractivity contribution in [3.05, 3.63) is 0 Å². The molecule has 2 N–H and O–H groups in total. The number of alkyl halides is 3. The molecule has 2 fully saturated rings. The van der Waals surface area contributed by atoms with E-state index in [1.165, 1.54) is 4.90 Å². The zero-order valence-electron chi connectivity index (χ0n) is 11.2. The molecule has 2 unspecified atom stereocenters. The smallest absolute Gasteiger partial charge is 0.329 e. The normalized spacial score (nSPS) is 34.9. The van der Waals surface area contributed by atoms with E-state index in [4.69, 9.17) is 5.73 Å². The van der Waals surface area contributed by atoms with Crippen molar-refractivity contribution in [1.82, 2.24) is 9.80 Å². The molecule has 2 atom stereocenters. The molecular formula is C12H22F3N3S. The third kappa shape index (κ3) is 3.37. The highest BCUT2D eigenvalue weighted by atomic mass is 32.2. The lowest BCUT2D eigenvalue weighted by Crippen LogP contribution is -2.63. The molecule has 2 saturated heterocycles. The fraction of sp³-hybridized carbons (Fsp3) is 1.00. The van der Waals surface area contributed by atoms with E-state index in [1.807, 2.05) is 11.8 Å². The largest absolute Gasteiger partial charge is 0.401 e. The van der Waals surface area contributed by atoms with Gasteiger partial charge in [-0.2, -0.15) is 24.9 Å². The molecule has 0 aromatic heterocycles. The van der Waals surface area contributed by atoms with Crippen molar-refractivity contribution in [3.8, 4) is 0 Å².